The van der Waals surface area contributed by atoms with Crippen LogP contribution in [0.15, 0.2) is 57.6 Å². The zero-order valence-electron chi connectivity index (χ0n) is 14.9. The van der Waals surface area contributed by atoms with Crippen LogP contribution in [0.3, 0.4) is 0 Å². The number of nitrogens with zero attached hydrogens (tertiary/aromatic N) is 2. The number of piperidine rings is 1. The van der Waals surface area contributed by atoms with E-state index in [4.69, 9.17) is 0 Å². The molecule has 146 valence electrons. The highest BCUT2D eigenvalue weighted by molar-refractivity contribution is 7.94. The van der Waals surface area contributed by atoms with Crippen LogP contribution in [0.2, 0.25) is 0 Å². The fourth-order valence-corrected chi connectivity index (χ4v) is 6.10. The Morgan fingerprint density at radius 1 is 1.14 bits per heavy atom. The van der Waals surface area contributed by atoms with E-state index in [0.29, 0.717) is 17.8 Å². The van der Waals surface area contributed by atoms with Crippen molar-refractivity contribution in [2.45, 2.75) is 23.0 Å². The molecule has 1 unspecified atom stereocenters. The first-order chi connectivity index (χ1) is 13.5. The van der Waals surface area contributed by atoms with Crippen LogP contribution in [-0.2, 0) is 10.0 Å². The molecular weight excluding hydrogens is 414 g/mol. The van der Waals surface area contributed by atoms with Gasteiger partial charge in [-0.1, -0.05) is 6.07 Å². The van der Waals surface area contributed by atoms with Gasteiger partial charge >= 0.3 is 0 Å². The molecule has 2 aromatic heterocycles. The second-order valence-electron chi connectivity index (χ2n) is 6.58. The van der Waals surface area contributed by atoms with Gasteiger partial charge in [-0.05, 0) is 48.6 Å². The van der Waals surface area contributed by atoms with Crippen LogP contribution in [0.5, 0.6) is 0 Å². The summed E-state index contributed by atoms with van der Waals surface area (Å²) in [6.07, 6.45) is 3.80. The molecule has 0 spiro atoms. The predicted molar refractivity (Wildman–Crippen MR) is 112 cm³/mol. The fraction of sp³-hybridized carbons (Fsp3) is 0.263. The molecule has 1 saturated heterocycles. The molecular formula is C19H19N3O3S3. The number of thiazole rings is 1. The van der Waals surface area contributed by atoms with E-state index in [2.05, 4.69) is 9.71 Å². The van der Waals surface area contributed by atoms with Crippen LogP contribution in [-0.4, -0.2) is 37.3 Å². The average Bonchev–Trinajstić information content (AvgIpc) is 3.42. The lowest BCUT2D eigenvalue weighted by atomic mass is 9.98. The first-order valence-electron chi connectivity index (χ1n) is 8.88. The summed E-state index contributed by atoms with van der Waals surface area (Å²) in [4.78, 5) is 19.1. The molecule has 1 N–H and O–H groups in total. The Morgan fingerprint density at radius 3 is 2.64 bits per heavy atom. The van der Waals surface area contributed by atoms with E-state index in [-0.39, 0.29) is 16.0 Å². The third-order valence-corrected chi connectivity index (χ3v) is 8.37. The van der Waals surface area contributed by atoms with Crippen LogP contribution in [0.25, 0.3) is 0 Å². The van der Waals surface area contributed by atoms with Crippen LogP contribution in [0.1, 0.15) is 34.1 Å². The number of aromatic nitrogens is 1. The first-order valence-corrected chi connectivity index (χ1v) is 12.1. The number of anilines is 1. The maximum Gasteiger partial charge on any atom is 0.271 e. The van der Waals surface area contributed by atoms with E-state index >= 15 is 0 Å². The lowest BCUT2D eigenvalue weighted by molar-refractivity contribution is 0.0707. The van der Waals surface area contributed by atoms with Crippen molar-refractivity contribution in [3.8, 4) is 0 Å². The average molecular weight is 434 g/mol. The standard InChI is InChI=1S/C19H19N3O3S3/c23-19(22-10-1-3-15(13-22)18-20-9-12-27-18)14-5-7-16(8-6-14)21-28(24,25)17-4-2-11-26-17/h2,4-9,11-12,15,21H,1,3,10,13H2. The highest BCUT2D eigenvalue weighted by Gasteiger charge is 2.27. The zero-order chi connectivity index (χ0) is 19.6. The number of thiophene rings is 1. The number of hydrogen-bond acceptors (Lipinski definition) is 6. The quantitative estimate of drug-likeness (QED) is 0.659. The molecule has 0 bridgehead atoms. The van der Waals surface area contributed by atoms with Crippen LogP contribution >= 0.6 is 22.7 Å². The van der Waals surface area contributed by atoms with E-state index in [9.17, 15) is 13.2 Å². The summed E-state index contributed by atoms with van der Waals surface area (Å²) in [7, 11) is -3.59. The number of carbonyl (C=O) groups excluding carboxylic acids is 1. The second-order valence-corrected chi connectivity index (χ2v) is 10.4. The number of carbonyl (C=O) groups is 1. The lowest BCUT2D eigenvalue weighted by Crippen LogP contribution is -2.39. The van der Waals surface area contributed by atoms with Gasteiger partial charge in [0, 0.05) is 41.8 Å². The molecule has 3 heterocycles. The molecule has 9 heteroatoms. The number of likely N-dealkylation sites (tertiary alicyclic amines) is 1. The van der Waals surface area contributed by atoms with E-state index in [1.807, 2.05) is 10.3 Å². The van der Waals surface area contributed by atoms with E-state index in [1.54, 1.807) is 59.3 Å². The van der Waals surface area contributed by atoms with Gasteiger partial charge in [-0.15, -0.1) is 22.7 Å². The molecule has 0 saturated carbocycles. The maximum absolute atomic E-state index is 12.9. The molecule has 3 aromatic rings. The minimum Gasteiger partial charge on any atom is -0.338 e. The van der Waals surface area contributed by atoms with Crippen molar-refractivity contribution in [3.63, 3.8) is 0 Å². The Bertz CT molecular complexity index is 1030. The third kappa shape index (κ3) is 4.11. The number of sulfonamides is 1. The Kier molecular flexibility index (Phi) is 5.47. The summed E-state index contributed by atoms with van der Waals surface area (Å²) >= 11 is 2.79. The molecule has 1 aliphatic rings. The lowest BCUT2D eigenvalue weighted by Gasteiger charge is -2.32. The van der Waals surface area contributed by atoms with E-state index in [1.165, 1.54) is 0 Å². The van der Waals surface area contributed by atoms with Gasteiger partial charge in [0.2, 0.25) is 0 Å². The van der Waals surface area contributed by atoms with Gasteiger partial charge in [-0.25, -0.2) is 13.4 Å². The predicted octanol–water partition coefficient (Wildman–Crippen LogP) is 4.03. The van der Waals surface area contributed by atoms with Gasteiger partial charge in [-0.3, -0.25) is 9.52 Å². The largest absolute Gasteiger partial charge is 0.338 e. The second kappa shape index (κ2) is 8.02. The van der Waals surface area contributed by atoms with Crippen molar-refractivity contribution >= 4 is 44.3 Å². The van der Waals surface area contributed by atoms with Crippen molar-refractivity contribution < 1.29 is 13.2 Å². The Balaban J connectivity index is 1.44. The summed E-state index contributed by atoms with van der Waals surface area (Å²) in [5.41, 5.74) is 0.989. The highest BCUT2D eigenvalue weighted by Crippen LogP contribution is 2.29. The van der Waals surface area contributed by atoms with E-state index in [0.717, 1.165) is 35.7 Å². The number of nitrogens with one attached hydrogen (secondary N) is 1. The Labute approximate surface area is 171 Å². The van der Waals surface area contributed by atoms with Crippen LogP contribution in [0.4, 0.5) is 5.69 Å². The normalized spacial score (nSPS) is 17.4. The van der Waals surface area contributed by atoms with E-state index < -0.39 is 10.0 Å². The Morgan fingerprint density at radius 2 is 1.96 bits per heavy atom. The summed E-state index contributed by atoms with van der Waals surface area (Å²) in [6.45, 7) is 1.40. The summed E-state index contributed by atoms with van der Waals surface area (Å²) in [5, 5.41) is 4.76. The monoisotopic (exact) mass is 433 g/mol. The zero-order valence-corrected chi connectivity index (χ0v) is 17.4. The molecule has 1 atom stereocenters. The summed E-state index contributed by atoms with van der Waals surface area (Å²) < 4.78 is 27.4. The van der Waals surface area contributed by atoms with Gasteiger partial charge in [-0.2, -0.15) is 0 Å². The van der Waals surface area contributed by atoms with Gasteiger partial charge in [0.15, 0.2) is 0 Å². The minimum atomic E-state index is -3.59. The Hall–Kier alpha value is -2.23. The van der Waals surface area contributed by atoms with Gasteiger partial charge in [0.1, 0.15) is 4.21 Å². The maximum atomic E-state index is 12.9. The molecule has 1 fully saturated rings. The highest BCUT2D eigenvalue weighted by atomic mass is 32.2. The molecule has 0 aliphatic carbocycles. The van der Waals surface area contributed by atoms with Gasteiger partial charge in [0.25, 0.3) is 15.9 Å². The molecule has 1 amide bonds. The summed E-state index contributed by atoms with van der Waals surface area (Å²) in [6, 6.07) is 9.84. The number of amides is 1. The van der Waals surface area contributed by atoms with Crippen molar-refractivity contribution in [2.75, 3.05) is 17.8 Å². The summed E-state index contributed by atoms with van der Waals surface area (Å²) in [5.74, 6) is 0.253. The number of benzene rings is 1. The molecule has 0 radical (unpaired) electrons. The molecule has 1 aliphatic heterocycles. The number of rotatable bonds is 5. The van der Waals surface area contributed by atoms with Gasteiger partial charge < -0.3 is 4.90 Å². The number of hydrogen-bond donors (Lipinski definition) is 1. The smallest absolute Gasteiger partial charge is 0.271 e. The fourth-order valence-electron chi connectivity index (χ4n) is 3.28. The third-order valence-electron chi connectivity index (χ3n) is 4.65. The van der Waals surface area contributed by atoms with Crippen LogP contribution in [0, 0.1) is 0 Å². The van der Waals surface area contributed by atoms with Gasteiger partial charge in [0.05, 0.1) is 5.01 Å². The van der Waals surface area contributed by atoms with Crippen molar-refractivity contribution in [1.82, 2.24) is 9.88 Å². The van der Waals surface area contributed by atoms with Crippen LogP contribution < -0.4 is 4.72 Å². The molecule has 4 rings (SSSR count). The molecule has 1 aromatic carbocycles. The SMILES string of the molecule is O=C(c1ccc(NS(=O)(=O)c2cccs2)cc1)N1CCCC(c2nccs2)C1. The first kappa shape index (κ1) is 19.1. The van der Waals surface area contributed by atoms with Crippen molar-refractivity contribution in [3.05, 3.63) is 63.9 Å². The molecule has 6 nitrogen and oxygen atoms in total. The van der Waals surface area contributed by atoms with Crippen molar-refractivity contribution in [2.24, 2.45) is 0 Å². The minimum absolute atomic E-state index is 0.0334. The van der Waals surface area contributed by atoms with Crippen molar-refractivity contribution in [1.29, 1.82) is 0 Å². The topological polar surface area (TPSA) is 79.4 Å². The molecule has 28 heavy (non-hydrogen) atoms.